The van der Waals surface area contributed by atoms with Crippen LogP contribution < -0.4 is 5.73 Å². The smallest absolute Gasteiger partial charge is 0.310 e. The Morgan fingerprint density at radius 2 is 1.88 bits per heavy atom. The second-order valence-corrected chi connectivity index (χ2v) is 5.47. The van der Waals surface area contributed by atoms with Crippen LogP contribution in [0.25, 0.3) is 0 Å². The van der Waals surface area contributed by atoms with Gasteiger partial charge >= 0.3 is 5.97 Å². The van der Waals surface area contributed by atoms with Gasteiger partial charge in [-0.2, -0.15) is 0 Å². The summed E-state index contributed by atoms with van der Waals surface area (Å²) >= 11 is 0. The third kappa shape index (κ3) is 3.48. The largest absolute Gasteiger partial charge is 0.462 e. The molecule has 1 aliphatic rings. The summed E-state index contributed by atoms with van der Waals surface area (Å²) in [6, 6.07) is -0.132. The SMILES string of the molecule is CC(N)C(C)C(=O)OC1CCC(C)C(C)C1. The molecule has 2 N–H and O–H groups in total. The van der Waals surface area contributed by atoms with E-state index in [0.717, 1.165) is 25.2 Å². The molecule has 3 nitrogen and oxygen atoms in total. The molecule has 3 heteroatoms. The molecule has 5 unspecified atom stereocenters. The highest BCUT2D eigenvalue weighted by molar-refractivity contribution is 5.72. The van der Waals surface area contributed by atoms with Gasteiger partial charge in [-0.1, -0.05) is 20.8 Å². The quantitative estimate of drug-likeness (QED) is 0.753. The molecule has 1 aliphatic carbocycles. The van der Waals surface area contributed by atoms with Crippen molar-refractivity contribution in [2.24, 2.45) is 23.5 Å². The Balaban J connectivity index is 2.40. The number of ether oxygens (including phenoxy) is 1. The van der Waals surface area contributed by atoms with Gasteiger partial charge in [0.2, 0.25) is 0 Å². The fourth-order valence-electron chi connectivity index (χ4n) is 2.09. The Kier molecular flexibility index (Phi) is 4.78. The van der Waals surface area contributed by atoms with E-state index in [1.54, 1.807) is 0 Å². The average Bonchev–Trinajstić information content (AvgIpc) is 2.22. The van der Waals surface area contributed by atoms with Gasteiger partial charge < -0.3 is 10.5 Å². The first-order valence-corrected chi connectivity index (χ1v) is 6.38. The monoisotopic (exact) mass is 227 g/mol. The van der Waals surface area contributed by atoms with Crippen molar-refractivity contribution in [3.63, 3.8) is 0 Å². The molecule has 0 radical (unpaired) electrons. The summed E-state index contributed by atoms with van der Waals surface area (Å²) in [5.41, 5.74) is 5.69. The topological polar surface area (TPSA) is 52.3 Å². The normalized spacial score (nSPS) is 34.2. The van der Waals surface area contributed by atoms with Crippen molar-refractivity contribution in [1.82, 2.24) is 0 Å². The van der Waals surface area contributed by atoms with Gasteiger partial charge in [0.05, 0.1) is 5.92 Å². The number of hydrogen-bond donors (Lipinski definition) is 1. The maximum absolute atomic E-state index is 11.7. The van der Waals surface area contributed by atoms with Crippen LogP contribution in [0.1, 0.15) is 47.0 Å². The number of carbonyl (C=O) groups excluding carboxylic acids is 1. The highest BCUT2D eigenvalue weighted by Gasteiger charge is 2.29. The highest BCUT2D eigenvalue weighted by Crippen LogP contribution is 2.31. The zero-order valence-electron chi connectivity index (χ0n) is 10.9. The van der Waals surface area contributed by atoms with Crippen molar-refractivity contribution >= 4 is 5.97 Å². The molecule has 0 aromatic heterocycles. The molecule has 1 fully saturated rings. The molecular weight excluding hydrogens is 202 g/mol. The maximum atomic E-state index is 11.7. The molecule has 0 aliphatic heterocycles. The van der Waals surface area contributed by atoms with E-state index in [2.05, 4.69) is 13.8 Å². The summed E-state index contributed by atoms with van der Waals surface area (Å²) in [7, 11) is 0. The number of hydrogen-bond acceptors (Lipinski definition) is 3. The van der Waals surface area contributed by atoms with Gasteiger partial charge in [0.25, 0.3) is 0 Å². The molecule has 1 rings (SSSR count). The highest BCUT2D eigenvalue weighted by atomic mass is 16.5. The minimum atomic E-state index is -0.199. The molecule has 94 valence electrons. The summed E-state index contributed by atoms with van der Waals surface area (Å²) in [6.07, 6.45) is 3.27. The number of esters is 1. The van der Waals surface area contributed by atoms with E-state index in [1.807, 2.05) is 13.8 Å². The van der Waals surface area contributed by atoms with Crippen molar-refractivity contribution in [3.05, 3.63) is 0 Å². The van der Waals surface area contributed by atoms with Crippen molar-refractivity contribution in [2.75, 3.05) is 0 Å². The van der Waals surface area contributed by atoms with Crippen LogP contribution in [0.4, 0.5) is 0 Å². The third-order valence-corrected chi connectivity index (χ3v) is 3.99. The summed E-state index contributed by atoms with van der Waals surface area (Å²) in [5, 5.41) is 0. The standard InChI is InChI=1S/C13H25NO2/c1-8-5-6-12(7-9(8)2)16-13(15)10(3)11(4)14/h8-12H,5-7,14H2,1-4H3. The molecule has 0 amide bonds. The number of carbonyl (C=O) groups is 1. The molecule has 0 saturated heterocycles. The van der Waals surface area contributed by atoms with E-state index in [0.29, 0.717) is 5.92 Å². The minimum Gasteiger partial charge on any atom is -0.462 e. The fourth-order valence-corrected chi connectivity index (χ4v) is 2.09. The molecule has 0 bridgehead atoms. The van der Waals surface area contributed by atoms with Crippen molar-refractivity contribution in [3.8, 4) is 0 Å². The van der Waals surface area contributed by atoms with Gasteiger partial charge in [-0.05, 0) is 38.0 Å². The van der Waals surface area contributed by atoms with Crippen LogP contribution in [0.15, 0.2) is 0 Å². The predicted octanol–water partition coefficient (Wildman–Crippen LogP) is 2.34. The lowest BCUT2D eigenvalue weighted by Crippen LogP contribution is -2.36. The van der Waals surface area contributed by atoms with Gasteiger partial charge in [0, 0.05) is 6.04 Å². The summed E-state index contributed by atoms with van der Waals surface area (Å²) < 4.78 is 5.51. The van der Waals surface area contributed by atoms with Gasteiger partial charge in [0.15, 0.2) is 0 Å². The van der Waals surface area contributed by atoms with Crippen LogP contribution in [-0.2, 0) is 9.53 Å². The molecule has 1 saturated carbocycles. The first-order chi connectivity index (χ1) is 7.41. The Morgan fingerprint density at radius 3 is 2.38 bits per heavy atom. The summed E-state index contributed by atoms with van der Waals surface area (Å²) in [4.78, 5) is 11.7. The Morgan fingerprint density at radius 1 is 1.25 bits per heavy atom. The minimum absolute atomic E-state index is 0.111. The number of rotatable bonds is 3. The van der Waals surface area contributed by atoms with Gasteiger partial charge in [-0.3, -0.25) is 4.79 Å². The lowest BCUT2D eigenvalue weighted by molar-refractivity contribution is -0.156. The van der Waals surface area contributed by atoms with Crippen molar-refractivity contribution < 1.29 is 9.53 Å². The zero-order chi connectivity index (χ0) is 12.3. The molecule has 0 spiro atoms. The zero-order valence-corrected chi connectivity index (χ0v) is 10.9. The molecule has 0 aromatic rings. The van der Waals surface area contributed by atoms with Crippen LogP contribution >= 0.6 is 0 Å². The Labute approximate surface area is 98.7 Å². The van der Waals surface area contributed by atoms with Crippen LogP contribution in [-0.4, -0.2) is 18.1 Å². The van der Waals surface area contributed by atoms with E-state index >= 15 is 0 Å². The first-order valence-electron chi connectivity index (χ1n) is 6.38. The number of nitrogens with two attached hydrogens (primary N) is 1. The van der Waals surface area contributed by atoms with E-state index in [-0.39, 0.29) is 24.0 Å². The van der Waals surface area contributed by atoms with Crippen LogP contribution in [0.2, 0.25) is 0 Å². The lowest BCUT2D eigenvalue weighted by Gasteiger charge is -2.32. The van der Waals surface area contributed by atoms with E-state index in [9.17, 15) is 4.79 Å². The van der Waals surface area contributed by atoms with Gasteiger partial charge in [-0.15, -0.1) is 0 Å². The second kappa shape index (κ2) is 5.67. The molecule has 0 aromatic carbocycles. The Bertz CT molecular complexity index is 240. The molecule has 5 atom stereocenters. The molecule has 16 heavy (non-hydrogen) atoms. The van der Waals surface area contributed by atoms with Crippen LogP contribution in [0, 0.1) is 17.8 Å². The third-order valence-electron chi connectivity index (χ3n) is 3.99. The maximum Gasteiger partial charge on any atom is 0.310 e. The van der Waals surface area contributed by atoms with E-state index in [4.69, 9.17) is 10.5 Å². The van der Waals surface area contributed by atoms with E-state index in [1.165, 1.54) is 0 Å². The summed E-state index contributed by atoms with van der Waals surface area (Å²) in [5.74, 6) is 1.06. The van der Waals surface area contributed by atoms with Crippen molar-refractivity contribution in [1.29, 1.82) is 0 Å². The molecule has 0 heterocycles. The summed E-state index contributed by atoms with van der Waals surface area (Å²) in [6.45, 7) is 8.19. The van der Waals surface area contributed by atoms with Gasteiger partial charge in [-0.25, -0.2) is 0 Å². The average molecular weight is 227 g/mol. The fraction of sp³-hybridized carbons (Fsp3) is 0.923. The van der Waals surface area contributed by atoms with E-state index < -0.39 is 0 Å². The second-order valence-electron chi connectivity index (χ2n) is 5.47. The van der Waals surface area contributed by atoms with Crippen LogP contribution in [0.3, 0.4) is 0 Å². The molecular formula is C13H25NO2. The van der Waals surface area contributed by atoms with Crippen LogP contribution in [0.5, 0.6) is 0 Å². The predicted molar refractivity (Wildman–Crippen MR) is 64.9 cm³/mol. The Hall–Kier alpha value is -0.570. The van der Waals surface area contributed by atoms with Crippen molar-refractivity contribution in [2.45, 2.75) is 59.1 Å². The lowest BCUT2D eigenvalue weighted by atomic mass is 9.80. The first kappa shape index (κ1) is 13.5. The van der Waals surface area contributed by atoms with Gasteiger partial charge in [0.1, 0.15) is 6.10 Å².